The van der Waals surface area contributed by atoms with E-state index in [2.05, 4.69) is 35.8 Å². The number of amides is 1. The molecule has 3 aromatic rings. The number of carbonyl (C=O) groups excluding carboxylic acids is 2. The van der Waals surface area contributed by atoms with Crippen LogP contribution in [0.15, 0.2) is 21.9 Å². The quantitative estimate of drug-likeness (QED) is 0.184. The third-order valence-electron chi connectivity index (χ3n) is 4.25. The SMILES string of the molecule is COc1cc(C=NNC(=O)c2nnn(-c3nonc3N)c2CN(C)C)cc(OC)c1OC(C)=O. The number of ether oxygens (including phenoxy) is 3. The Morgan fingerprint density at radius 3 is 2.44 bits per heavy atom. The van der Waals surface area contributed by atoms with Gasteiger partial charge in [-0.2, -0.15) is 9.78 Å². The highest BCUT2D eigenvalue weighted by molar-refractivity contribution is 5.94. The highest BCUT2D eigenvalue weighted by atomic mass is 16.6. The molecule has 180 valence electrons. The minimum absolute atomic E-state index is 0.00465. The number of hydrogen-bond acceptors (Lipinski definition) is 13. The number of benzene rings is 1. The lowest BCUT2D eigenvalue weighted by atomic mass is 10.2. The highest BCUT2D eigenvalue weighted by Gasteiger charge is 2.24. The lowest BCUT2D eigenvalue weighted by molar-refractivity contribution is -0.132. The summed E-state index contributed by atoms with van der Waals surface area (Å²) in [5.41, 5.74) is 9.05. The molecule has 2 heterocycles. The Morgan fingerprint density at radius 1 is 1.24 bits per heavy atom. The number of carbonyl (C=O) groups is 2. The number of nitrogens with one attached hydrogen (secondary N) is 1. The maximum absolute atomic E-state index is 12.8. The van der Waals surface area contributed by atoms with E-state index >= 15 is 0 Å². The van der Waals surface area contributed by atoms with Crippen LogP contribution in [0.2, 0.25) is 0 Å². The van der Waals surface area contributed by atoms with Crippen molar-refractivity contribution in [1.29, 1.82) is 0 Å². The van der Waals surface area contributed by atoms with Gasteiger partial charge in [-0.25, -0.2) is 10.1 Å². The number of methoxy groups -OCH3 is 2. The maximum Gasteiger partial charge on any atom is 0.308 e. The van der Waals surface area contributed by atoms with Crippen LogP contribution in [0.3, 0.4) is 0 Å². The molecule has 0 saturated carbocycles. The third kappa shape index (κ3) is 5.26. The molecule has 0 unspecified atom stereocenters. The molecule has 34 heavy (non-hydrogen) atoms. The third-order valence-corrected chi connectivity index (χ3v) is 4.25. The average Bonchev–Trinajstić information content (AvgIpc) is 3.39. The van der Waals surface area contributed by atoms with Crippen LogP contribution in [-0.2, 0) is 11.3 Å². The Kier molecular flexibility index (Phi) is 7.37. The molecule has 3 N–H and O–H groups in total. The number of nitrogens with zero attached hydrogens (tertiary/aromatic N) is 7. The van der Waals surface area contributed by atoms with E-state index in [1.807, 2.05) is 19.0 Å². The van der Waals surface area contributed by atoms with E-state index in [1.165, 1.54) is 32.0 Å². The zero-order valence-corrected chi connectivity index (χ0v) is 19.1. The number of nitrogen functional groups attached to an aromatic ring is 1. The van der Waals surface area contributed by atoms with E-state index in [0.717, 1.165) is 0 Å². The van der Waals surface area contributed by atoms with Gasteiger partial charge in [0.05, 0.1) is 26.1 Å². The summed E-state index contributed by atoms with van der Waals surface area (Å²) in [6, 6.07) is 3.12. The van der Waals surface area contributed by atoms with E-state index in [-0.39, 0.29) is 41.1 Å². The first-order chi connectivity index (χ1) is 16.2. The lowest BCUT2D eigenvalue weighted by Gasteiger charge is -2.13. The van der Waals surface area contributed by atoms with Gasteiger partial charge in [-0.1, -0.05) is 5.21 Å². The predicted octanol–water partition coefficient (Wildman–Crippen LogP) is 0.000500. The minimum atomic E-state index is -0.621. The summed E-state index contributed by atoms with van der Waals surface area (Å²) in [5, 5.41) is 19.1. The molecule has 0 fully saturated rings. The number of rotatable bonds is 9. The second kappa shape index (κ2) is 10.4. The van der Waals surface area contributed by atoms with E-state index in [4.69, 9.17) is 19.9 Å². The number of nitrogens with two attached hydrogens (primary N) is 1. The van der Waals surface area contributed by atoms with Crippen molar-refractivity contribution in [3.63, 3.8) is 0 Å². The van der Waals surface area contributed by atoms with Gasteiger partial charge in [0.25, 0.3) is 5.91 Å². The van der Waals surface area contributed by atoms with Crippen molar-refractivity contribution in [2.75, 3.05) is 34.0 Å². The molecule has 0 aliphatic rings. The number of esters is 1. The van der Waals surface area contributed by atoms with Gasteiger partial charge in [0.2, 0.25) is 17.4 Å². The monoisotopic (exact) mass is 473 g/mol. The smallest absolute Gasteiger partial charge is 0.308 e. The van der Waals surface area contributed by atoms with Crippen LogP contribution >= 0.6 is 0 Å². The van der Waals surface area contributed by atoms with Gasteiger partial charge in [-0.05, 0) is 36.5 Å². The zero-order valence-electron chi connectivity index (χ0n) is 19.1. The normalized spacial score (nSPS) is 11.1. The Hall–Kier alpha value is -4.53. The Morgan fingerprint density at radius 2 is 1.91 bits per heavy atom. The molecule has 1 amide bonds. The fourth-order valence-electron chi connectivity index (χ4n) is 2.86. The van der Waals surface area contributed by atoms with Crippen LogP contribution in [0.1, 0.15) is 28.7 Å². The van der Waals surface area contributed by atoms with Crippen LogP contribution in [0.25, 0.3) is 5.82 Å². The fourth-order valence-corrected chi connectivity index (χ4v) is 2.86. The van der Waals surface area contributed by atoms with Crippen LogP contribution in [0.5, 0.6) is 17.2 Å². The van der Waals surface area contributed by atoms with Crippen LogP contribution in [0, 0.1) is 0 Å². The van der Waals surface area contributed by atoms with Crippen molar-refractivity contribution in [3.05, 3.63) is 29.1 Å². The summed E-state index contributed by atoms with van der Waals surface area (Å²) in [4.78, 5) is 25.9. The van der Waals surface area contributed by atoms with E-state index in [1.54, 1.807) is 12.1 Å². The Labute approximate surface area is 193 Å². The van der Waals surface area contributed by atoms with Crippen molar-refractivity contribution in [1.82, 2.24) is 35.6 Å². The van der Waals surface area contributed by atoms with E-state index in [9.17, 15) is 9.59 Å². The Bertz CT molecular complexity index is 1190. The van der Waals surface area contributed by atoms with Crippen molar-refractivity contribution in [3.8, 4) is 23.1 Å². The molecule has 3 rings (SSSR count). The summed E-state index contributed by atoms with van der Waals surface area (Å²) in [7, 11) is 6.44. The molecule has 15 nitrogen and oxygen atoms in total. The van der Waals surface area contributed by atoms with Gasteiger partial charge in [0.1, 0.15) is 0 Å². The lowest BCUT2D eigenvalue weighted by Crippen LogP contribution is -2.23. The highest BCUT2D eigenvalue weighted by Crippen LogP contribution is 2.38. The molecular weight excluding hydrogens is 450 g/mol. The van der Waals surface area contributed by atoms with E-state index < -0.39 is 11.9 Å². The molecule has 15 heteroatoms. The first-order valence-corrected chi connectivity index (χ1v) is 9.70. The largest absolute Gasteiger partial charge is 0.493 e. The van der Waals surface area contributed by atoms with Gasteiger partial charge in [0, 0.05) is 19.0 Å². The topological polar surface area (TPSA) is 185 Å². The standard InChI is InChI=1S/C19H23N9O6/c1-10(29)33-16-13(31-4)6-11(7-14(16)32-5)8-21-23-19(30)15-12(9-27(2)3)28(26-22-15)18-17(20)24-34-25-18/h6-8H,9H2,1-5H3,(H2,20,24)(H,23,30). The van der Waals surface area contributed by atoms with Gasteiger partial charge in [0.15, 0.2) is 17.2 Å². The molecule has 2 aromatic heterocycles. The molecule has 0 aliphatic heterocycles. The summed E-state index contributed by atoms with van der Waals surface area (Å²) in [6.45, 7) is 1.55. The number of hydrazone groups is 1. The molecule has 0 bridgehead atoms. The molecule has 0 saturated heterocycles. The van der Waals surface area contributed by atoms with Gasteiger partial charge >= 0.3 is 5.97 Å². The molecule has 0 radical (unpaired) electrons. The van der Waals surface area contributed by atoms with Gasteiger partial charge in [-0.15, -0.1) is 5.10 Å². The van der Waals surface area contributed by atoms with E-state index in [0.29, 0.717) is 11.3 Å². The fraction of sp³-hybridized carbons (Fsp3) is 0.316. The average molecular weight is 473 g/mol. The van der Waals surface area contributed by atoms with Crippen LogP contribution in [-0.4, -0.2) is 76.6 Å². The molecule has 0 atom stereocenters. The van der Waals surface area contributed by atoms with Crippen molar-refractivity contribution >= 4 is 23.9 Å². The maximum atomic E-state index is 12.8. The first kappa shape index (κ1) is 24.1. The minimum Gasteiger partial charge on any atom is -0.493 e. The van der Waals surface area contributed by atoms with Gasteiger partial charge in [-0.3, -0.25) is 9.59 Å². The Balaban J connectivity index is 1.84. The summed E-state index contributed by atoms with van der Waals surface area (Å²) in [6.07, 6.45) is 1.36. The second-order valence-corrected chi connectivity index (χ2v) is 7.05. The zero-order chi connectivity index (χ0) is 24.8. The van der Waals surface area contributed by atoms with Crippen molar-refractivity contribution < 1.29 is 28.4 Å². The molecular formula is C19H23N9O6. The molecule has 0 aliphatic carbocycles. The summed E-state index contributed by atoms with van der Waals surface area (Å²) in [5.74, 6) is -0.422. The molecule has 0 spiro atoms. The van der Waals surface area contributed by atoms with Crippen LogP contribution < -0.4 is 25.4 Å². The molecule has 1 aromatic carbocycles. The summed E-state index contributed by atoms with van der Waals surface area (Å²) >= 11 is 0. The number of aromatic nitrogens is 5. The number of anilines is 1. The van der Waals surface area contributed by atoms with Crippen LogP contribution in [0.4, 0.5) is 5.82 Å². The van der Waals surface area contributed by atoms with Crippen molar-refractivity contribution in [2.24, 2.45) is 5.10 Å². The predicted molar refractivity (Wildman–Crippen MR) is 117 cm³/mol. The summed E-state index contributed by atoms with van der Waals surface area (Å²) < 4.78 is 21.6. The number of hydrogen-bond donors (Lipinski definition) is 2. The first-order valence-electron chi connectivity index (χ1n) is 9.70. The van der Waals surface area contributed by atoms with Crippen molar-refractivity contribution in [2.45, 2.75) is 13.5 Å². The van der Waals surface area contributed by atoms with Gasteiger partial charge < -0.3 is 24.8 Å². The second-order valence-electron chi connectivity index (χ2n) is 7.05.